The third-order valence-electron chi connectivity index (χ3n) is 2.95. The van der Waals surface area contributed by atoms with Gasteiger partial charge in [0, 0.05) is 11.8 Å². The zero-order chi connectivity index (χ0) is 15.4. The van der Waals surface area contributed by atoms with Crippen LogP contribution < -0.4 is 0 Å². The van der Waals surface area contributed by atoms with Crippen molar-refractivity contribution >= 4 is 5.97 Å². The molecule has 6 nitrogen and oxygen atoms in total. The molecule has 0 aliphatic carbocycles. The normalized spacial score (nSPS) is 11.7. The van der Waals surface area contributed by atoms with Crippen LogP contribution in [0.1, 0.15) is 41.4 Å². The van der Waals surface area contributed by atoms with E-state index in [0.717, 1.165) is 0 Å². The van der Waals surface area contributed by atoms with Crippen molar-refractivity contribution in [3.63, 3.8) is 0 Å². The van der Waals surface area contributed by atoms with Crippen molar-refractivity contribution in [3.8, 4) is 11.8 Å². The number of aliphatic hydroxyl groups excluding tert-OH is 1. The van der Waals surface area contributed by atoms with Gasteiger partial charge in [-0.15, -0.1) is 0 Å². The van der Waals surface area contributed by atoms with E-state index in [-0.39, 0.29) is 6.61 Å². The van der Waals surface area contributed by atoms with Crippen LogP contribution in [0.4, 0.5) is 0 Å². The van der Waals surface area contributed by atoms with Crippen LogP contribution >= 0.6 is 0 Å². The molecule has 0 saturated carbocycles. The number of ether oxygens (including phenoxy) is 1. The molecule has 0 radical (unpaired) electrons. The molecule has 0 amide bonds. The molecule has 0 spiro atoms. The van der Waals surface area contributed by atoms with Gasteiger partial charge in [0.15, 0.2) is 0 Å². The molecule has 2 rings (SSSR count). The average Bonchev–Trinajstić information content (AvgIpc) is 2.96. The third-order valence-corrected chi connectivity index (χ3v) is 2.95. The molecule has 21 heavy (non-hydrogen) atoms. The Morgan fingerprint density at radius 1 is 1.57 bits per heavy atom. The third kappa shape index (κ3) is 3.09. The summed E-state index contributed by atoms with van der Waals surface area (Å²) < 4.78 is 6.36. The van der Waals surface area contributed by atoms with Crippen molar-refractivity contribution in [2.24, 2.45) is 0 Å². The average molecular weight is 285 g/mol. The van der Waals surface area contributed by atoms with E-state index in [0.29, 0.717) is 22.4 Å². The molecule has 1 aromatic carbocycles. The number of carbonyl (C=O) groups is 1. The summed E-state index contributed by atoms with van der Waals surface area (Å²) in [5, 5.41) is 22.9. The van der Waals surface area contributed by atoms with Crippen molar-refractivity contribution in [2.45, 2.75) is 20.0 Å². The maximum absolute atomic E-state index is 11.7. The molecular weight excluding hydrogens is 270 g/mol. The molecule has 0 saturated heterocycles. The van der Waals surface area contributed by atoms with E-state index < -0.39 is 12.1 Å². The van der Waals surface area contributed by atoms with Crippen molar-refractivity contribution < 1.29 is 14.6 Å². The van der Waals surface area contributed by atoms with Gasteiger partial charge in [0.25, 0.3) is 0 Å². The van der Waals surface area contributed by atoms with Crippen molar-refractivity contribution in [2.75, 3.05) is 6.61 Å². The van der Waals surface area contributed by atoms with Crippen LogP contribution in [0.25, 0.3) is 5.69 Å². The van der Waals surface area contributed by atoms with Gasteiger partial charge >= 0.3 is 5.97 Å². The predicted molar refractivity (Wildman–Crippen MR) is 74.9 cm³/mol. The summed E-state index contributed by atoms with van der Waals surface area (Å²) >= 11 is 0. The van der Waals surface area contributed by atoms with Crippen LogP contribution in [0.15, 0.2) is 30.6 Å². The molecule has 1 aromatic heterocycles. The number of aromatic nitrogens is 2. The van der Waals surface area contributed by atoms with E-state index in [1.807, 2.05) is 6.07 Å². The highest BCUT2D eigenvalue weighted by Crippen LogP contribution is 2.23. The number of benzene rings is 1. The summed E-state index contributed by atoms with van der Waals surface area (Å²) in [5.41, 5.74) is 1.94. The second-order valence-corrected chi connectivity index (χ2v) is 4.46. The van der Waals surface area contributed by atoms with Crippen molar-refractivity contribution in [3.05, 3.63) is 47.3 Å². The Morgan fingerprint density at radius 3 is 2.95 bits per heavy atom. The zero-order valence-corrected chi connectivity index (χ0v) is 11.8. The highest BCUT2D eigenvalue weighted by Gasteiger charge is 2.15. The topological polar surface area (TPSA) is 88.1 Å². The van der Waals surface area contributed by atoms with Crippen LogP contribution in [0, 0.1) is 11.3 Å². The minimum atomic E-state index is -0.719. The molecular formula is C15H15N3O3. The summed E-state index contributed by atoms with van der Waals surface area (Å²) in [4.78, 5) is 11.7. The number of rotatable bonds is 4. The number of nitrogens with zero attached hydrogens (tertiary/aromatic N) is 3. The molecule has 108 valence electrons. The van der Waals surface area contributed by atoms with Crippen LogP contribution in [-0.2, 0) is 4.74 Å². The summed E-state index contributed by atoms with van der Waals surface area (Å²) in [6.07, 6.45) is 2.19. The van der Waals surface area contributed by atoms with Gasteiger partial charge in [-0.3, -0.25) is 0 Å². The number of aliphatic hydroxyl groups is 1. The molecule has 6 heteroatoms. The van der Waals surface area contributed by atoms with Gasteiger partial charge in [0.1, 0.15) is 0 Å². The van der Waals surface area contributed by atoms with Crippen molar-refractivity contribution in [1.29, 1.82) is 5.26 Å². The van der Waals surface area contributed by atoms with Crippen LogP contribution in [0.5, 0.6) is 0 Å². The van der Waals surface area contributed by atoms with Crippen LogP contribution in [0.2, 0.25) is 0 Å². The monoisotopic (exact) mass is 285 g/mol. The smallest absolute Gasteiger partial charge is 0.341 e. The Balaban J connectivity index is 2.46. The zero-order valence-electron chi connectivity index (χ0n) is 11.8. The van der Waals surface area contributed by atoms with Gasteiger partial charge in [0.2, 0.25) is 0 Å². The number of esters is 1. The fraction of sp³-hybridized carbons (Fsp3) is 0.267. The molecule has 0 aliphatic heterocycles. The molecule has 0 bridgehead atoms. The fourth-order valence-corrected chi connectivity index (χ4v) is 1.94. The Hall–Kier alpha value is -2.65. The Morgan fingerprint density at radius 2 is 2.33 bits per heavy atom. The Labute approximate surface area is 122 Å². The van der Waals surface area contributed by atoms with Gasteiger partial charge in [-0.25, -0.2) is 9.48 Å². The predicted octanol–water partition coefficient (Wildman–Crippen LogP) is 1.97. The van der Waals surface area contributed by atoms with Crippen molar-refractivity contribution in [1.82, 2.24) is 9.78 Å². The molecule has 1 N–H and O–H groups in total. The first-order valence-corrected chi connectivity index (χ1v) is 6.51. The van der Waals surface area contributed by atoms with E-state index in [9.17, 15) is 9.90 Å². The molecule has 1 unspecified atom stereocenters. The Bertz CT molecular complexity index is 698. The lowest BCUT2D eigenvalue weighted by molar-refractivity contribution is 0.0526. The van der Waals surface area contributed by atoms with E-state index >= 15 is 0 Å². The molecule has 0 fully saturated rings. The SMILES string of the molecule is CCOC(=O)c1cnn(-c2cc(C#N)ccc2C(C)O)c1. The first-order chi connectivity index (χ1) is 10.1. The minimum Gasteiger partial charge on any atom is -0.462 e. The lowest BCUT2D eigenvalue weighted by Gasteiger charge is -2.12. The van der Waals surface area contributed by atoms with Gasteiger partial charge in [-0.1, -0.05) is 6.07 Å². The van der Waals surface area contributed by atoms with E-state index in [4.69, 9.17) is 10.00 Å². The first-order valence-electron chi connectivity index (χ1n) is 6.51. The summed E-state index contributed by atoms with van der Waals surface area (Å²) in [5.74, 6) is -0.459. The first kappa shape index (κ1) is 14.8. The maximum Gasteiger partial charge on any atom is 0.341 e. The summed E-state index contributed by atoms with van der Waals surface area (Å²) in [7, 11) is 0. The minimum absolute atomic E-state index is 0.285. The number of hydrogen-bond donors (Lipinski definition) is 1. The largest absolute Gasteiger partial charge is 0.462 e. The molecule has 1 heterocycles. The second-order valence-electron chi connectivity index (χ2n) is 4.46. The quantitative estimate of drug-likeness (QED) is 0.868. The standard InChI is InChI=1S/C15H15N3O3/c1-3-21-15(20)12-8-17-18(9-12)14-6-11(7-16)4-5-13(14)10(2)19/h4-6,8-10,19H,3H2,1-2H3. The van der Waals surface area contributed by atoms with Gasteiger partial charge < -0.3 is 9.84 Å². The van der Waals surface area contributed by atoms with E-state index in [1.54, 1.807) is 32.0 Å². The summed E-state index contributed by atoms with van der Waals surface area (Å²) in [6, 6.07) is 6.95. The molecule has 0 aliphatic rings. The van der Waals surface area contributed by atoms with Crippen LogP contribution in [0.3, 0.4) is 0 Å². The van der Waals surface area contributed by atoms with E-state index in [1.165, 1.54) is 17.1 Å². The van der Waals surface area contributed by atoms with E-state index in [2.05, 4.69) is 5.10 Å². The lowest BCUT2D eigenvalue weighted by Crippen LogP contribution is -2.05. The highest BCUT2D eigenvalue weighted by molar-refractivity contribution is 5.88. The fourth-order valence-electron chi connectivity index (χ4n) is 1.94. The highest BCUT2D eigenvalue weighted by atomic mass is 16.5. The molecule has 1 atom stereocenters. The maximum atomic E-state index is 11.7. The van der Waals surface area contributed by atoms with Gasteiger partial charge in [0.05, 0.1) is 41.8 Å². The lowest BCUT2D eigenvalue weighted by atomic mass is 10.1. The number of nitriles is 1. The van der Waals surface area contributed by atoms with Crippen LogP contribution in [-0.4, -0.2) is 27.5 Å². The Kier molecular flexibility index (Phi) is 4.36. The van der Waals surface area contributed by atoms with Gasteiger partial charge in [-0.05, 0) is 26.0 Å². The summed E-state index contributed by atoms with van der Waals surface area (Å²) in [6.45, 7) is 3.64. The number of carbonyl (C=O) groups excluding carboxylic acids is 1. The molecule has 2 aromatic rings. The van der Waals surface area contributed by atoms with Gasteiger partial charge in [-0.2, -0.15) is 10.4 Å². The number of hydrogen-bond acceptors (Lipinski definition) is 5. The second kappa shape index (κ2) is 6.20.